The fourth-order valence-corrected chi connectivity index (χ4v) is 1.93. The number of methoxy groups -OCH3 is 1. The van der Waals surface area contributed by atoms with Crippen LogP contribution in [-0.4, -0.2) is 34.6 Å². The van der Waals surface area contributed by atoms with Gasteiger partial charge in [-0.05, 0) is 13.3 Å². The first-order chi connectivity index (χ1) is 9.08. The molecule has 6 nitrogen and oxygen atoms in total. The minimum absolute atomic E-state index is 0.0670. The number of nitrogens with one attached hydrogen (secondary N) is 1. The summed E-state index contributed by atoms with van der Waals surface area (Å²) in [5, 5.41) is 2.63. The molecule has 1 rings (SSSR count). The molecule has 1 N–H and O–H groups in total. The van der Waals surface area contributed by atoms with E-state index in [-0.39, 0.29) is 11.9 Å². The van der Waals surface area contributed by atoms with Gasteiger partial charge < -0.3 is 14.6 Å². The molecule has 0 fully saturated rings. The topological polar surface area (TPSA) is 73.2 Å². The molecular weight excluding hydrogens is 246 g/mol. The largest absolute Gasteiger partial charge is 0.467 e. The van der Waals surface area contributed by atoms with Gasteiger partial charge in [-0.25, -0.2) is 9.78 Å². The Hall–Kier alpha value is -1.85. The second-order valence-corrected chi connectivity index (χ2v) is 4.47. The molecule has 19 heavy (non-hydrogen) atoms. The molecule has 0 aromatic carbocycles. The lowest BCUT2D eigenvalue weighted by atomic mass is 10.1. The normalized spacial score (nSPS) is 13.6. The summed E-state index contributed by atoms with van der Waals surface area (Å²) in [7, 11) is 1.30. The van der Waals surface area contributed by atoms with Crippen molar-refractivity contribution in [1.82, 2.24) is 14.9 Å². The van der Waals surface area contributed by atoms with Gasteiger partial charge >= 0.3 is 5.97 Å². The highest BCUT2D eigenvalue weighted by molar-refractivity contribution is 5.84. The van der Waals surface area contributed by atoms with Crippen molar-refractivity contribution in [2.45, 2.75) is 45.2 Å². The monoisotopic (exact) mass is 267 g/mol. The predicted octanol–water partition coefficient (Wildman–Crippen LogP) is 1.29. The van der Waals surface area contributed by atoms with Crippen LogP contribution < -0.4 is 5.32 Å². The molecule has 0 saturated heterocycles. The Morgan fingerprint density at radius 2 is 2.21 bits per heavy atom. The number of hydrogen-bond acceptors (Lipinski definition) is 4. The molecular formula is C13H21N3O3. The summed E-state index contributed by atoms with van der Waals surface area (Å²) in [6.45, 7) is 3.68. The zero-order valence-electron chi connectivity index (χ0n) is 11.6. The second kappa shape index (κ2) is 7.56. The van der Waals surface area contributed by atoms with Crippen LogP contribution in [0.2, 0.25) is 0 Å². The number of ether oxygens (including phenoxy) is 1. The van der Waals surface area contributed by atoms with Crippen LogP contribution in [0.25, 0.3) is 0 Å². The average molecular weight is 267 g/mol. The molecule has 1 amide bonds. The number of esters is 1. The smallest absolute Gasteiger partial charge is 0.328 e. The first-order valence-corrected chi connectivity index (χ1v) is 6.43. The minimum atomic E-state index is -0.623. The summed E-state index contributed by atoms with van der Waals surface area (Å²) in [5.41, 5.74) is 0. The van der Waals surface area contributed by atoms with Crippen molar-refractivity contribution in [3.63, 3.8) is 0 Å². The van der Waals surface area contributed by atoms with Crippen LogP contribution in [0.1, 0.15) is 39.2 Å². The van der Waals surface area contributed by atoms with E-state index >= 15 is 0 Å². The zero-order chi connectivity index (χ0) is 14.3. The maximum absolute atomic E-state index is 11.9. The van der Waals surface area contributed by atoms with Crippen LogP contribution in [-0.2, 0) is 14.3 Å². The summed E-state index contributed by atoms with van der Waals surface area (Å²) in [6, 6.07) is -0.556. The average Bonchev–Trinajstić information content (AvgIpc) is 2.90. The first-order valence-electron chi connectivity index (χ1n) is 6.43. The summed E-state index contributed by atoms with van der Waals surface area (Å²) in [5.74, 6) is -0.604. The highest BCUT2D eigenvalue weighted by atomic mass is 16.5. The Kier molecular flexibility index (Phi) is 6.05. The number of imidazole rings is 1. The van der Waals surface area contributed by atoms with Crippen LogP contribution in [0.5, 0.6) is 0 Å². The van der Waals surface area contributed by atoms with Crippen molar-refractivity contribution < 1.29 is 14.3 Å². The Morgan fingerprint density at radius 3 is 2.74 bits per heavy atom. The van der Waals surface area contributed by atoms with Crippen molar-refractivity contribution in [2.24, 2.45) is 0 Å². The van der Waals surface area contributed by atoms with Gasteiger partial charge in [0.2, 0.25) is 5.91 Å². The number of aromatic nitrogens is 2. The summed E-state index contributed by atoms with van der Waals surface area (Å²) < 4.78 is 6.49. The molecule has 2 atom stereocenters. The molecule has 106 valence electrons. The van der Waals surface area contributed by atoms with Crippen LogP contribution in [0.4, 0.5) is 0 Å². The summed E-state index contributed by atoms with van der Waals surface area (Å²) in [4.78, 5) is 27.1. The molecule has 2 unspecified atom stereocenters. The van der Waals surface area contributed by atoms with Gasteiger partial charge in [-0.2, -0.15) is 0 Å². The zero-order valence-corrected chi connectivity index (χ0v) is 11.6. The van der Waals surface area contributed by atoms with Crippen molar-refractivity contribution >= 4 is 11.9 Å². The van der Waals surface area contributed by atoms with E-state index in [0.29, 0.717) is 6.42 Å². The summed E-state index contributed by atoms with van der Waals surface area (Å²) >= 11 is 0. The standard InChI is InChI=1S/C13H21N3O3/c1-4-5-11(16-7-6-14-9-16)8-12(17)15-10(2)13(18)19-3/h6-7,9-11H,4-5,8H2,1-3H3,(H,15,17). The van der Waals surface area contributed by atoms with Gasteiger partial charge in [0, 0.05) is 24.9 Å². The van der Waals surface area contributed by atoms with Crippen LogP contribution in [0, 0.1) is 0 Å². The van der Waals surface area contributed by atoms with Crippen LogP contribution in [0.15, 0.2) is 18.7 Å². The number of carbonyl (C=O) groups excluding carboxylic acids is 2. The Balaban J connectivity index is 2.55. The molecule has 0 radical (unpaired) electrons. The van der Waals surface area contributed by atoms with Crippen molar-refractivity contribution in [2.75, 3.05) is 7.11 Å². The Morgan fingerprint density at radius 1 is 1.47 bits per heavy atom. The first kappa shape index (κ1) is 15.2. The summed E-state index contributed by atoms with van der Waals surface area (Å²) in [6.07, 6.45) is 7.43. The van der Waals surface area contributed by atoms with Gasteiger partial charge in [0.15, 0.2) is 0 Å². The molecule has 0 aliphatic heterocycles. The van der Waals surface area contributed by atoms with E-state index in [9.17, 15) is 9.59 Å². The van der Waals surface area contributed by atoms with Gasteiger partial charge in [-0.1, -0.05) is 13.3 Å². The van der Waals surface area contributed by atoms with Crippen molar-refractivity contribution in [1.29, 1.82) is 0 Å². The Bertz CT molecular complexity index is 403. The van der Waals surface area contributed by atoms with E-state index in [1.807, 2.05) is 10.8 Å². The van der Waals surface area contributed by atoms with E-state index in [2.05, 4.69) is 22.0 Å². The van der Waals surface area contributed by atoms with Gasteiger partial charge in [-0.15, -0.1) is 0 Å². The second-order valence-electron chi connectivity index (χ2n) is 4.47. The number of amides is 1. The molecule has 0 bridgehead atoms. The van der Waals surface area contributed by atoms with Crippen LogP contribution in [0.3, 0.4) is 0 Å². The van der Waals surface area contributed by atoms with Crippen molar-refractivity contribution in [3.8, 4) is 0 Å². The fraction of sp³-hybridized carbons (Fsp3) is 0.615. The third-order valence-corrected chi connectivity index (χ3v) is 2.92. The third kappa shape index (κ3) is 4.73. The van der Waals surface area contributed by atoms with Gasteiger partial charge in [0.05, 0.1) is 13.4 Å². The fourth-order valence-electron chi connectivity index (χ4n) is 1.93. The number of nitrogens with zero attached hydrogens (tertiary/aromatic N) is 2. The third-order valence-electron chi connectivity index (χ3n) is 2.92. The lowest BCUT2D eigenvalue weighted by Crippen LogP contribution is -2.39. The molecule has 0 saturated carbocycles. The quantitative estimate of drug-likeness (QED) is 0.756. The van der Waals surface area contributed by atoms with E-state index < -0.39 is 12.0 Å². The number of hydrogen-bond donors (Lipinski definition) is 1. The highest BCUT2D eigenvalue weighted by Crippen LogP contribution is 2.17. The van der Waals surface area contributed by atoms with E-state index in [0.717, 1.165) is 12.8 Å². The molecule has 1 heterocycles. The lowest BCUT2D eigenvalue weighted by molar-refractivity contribution is -0.144. The van der Waals surface area contributed by atoms with Gasteiger partial charge in [0.25, 0.3) is 0 Å². The molecule has 0 aliphatic carbocycles. The Labute approximate surface area is 113 Å². The molecule has 6 heteroatoms. The molecule has 1 aromatic rings. The predicted molar refractivity (Wildman–Crippen MR) is 70.4 cm³/mol. The molecule has 1 aromatic heterocycles. The van der Waals surface area contributed by atoms with E-state index in [1.54, 1.807) is 19.4 Å². The van der Waals surface area contributed by atoms with E-state index in [1.165, 1.54) is 7.11 Å². The molecule has 0 spiro atoms. The van der Waals surface area contributed by atoms with Gasteiger partial charge in [-0.3, -0.25) is 4.79 Å². The SMILES string of the molecule is CCCC(CC(=O)NC(C)C(=O)OC)n1ccnc1. The number of rotatable bonds is 7. The lowest BCUT2D eigenvalue weighted by Gasteiger charge is -2.18. The van der Waals surface area contributed by atoms with Crippen molar-refractivity contribution in [3.05, 3.63) is 18.7 Å². The van der Waals surface area contributed by atoms with E-state index in [4.69, 9.17) is 0 Å². The van der Waals surface area contributed by atoms with Crippen LogP contribution >= 0.6 is 0 Å². The minimum Gasteiger partial charge on any atom is -0.467 e. The van der Waals surface area contributed by atoms with Gasteiger partial charge in [0.1, 0.15) is 6.04 Å². The molecule has 0 aliphatic rings. The highest BCUT2D eigenvalue weighted by Gasteiger charge is 2.19. The number of carbonyl (C=O) groups is 2. The maximum Gasteiger partial charge on any atom is 0.328 e. The maximum atomic E-state index is 11.9.